The van der Waals surface area contributed by atoms with E-state index in [4.69, 9.17) is 4.42 Å². The molecule has 1 aromatic heterocycles. The molecule has 7 heteroatoms. The van der Waals surface area contributed by atoms with Gasteiger partial charge in [-0.05, 0) is 32.4 Å². The largest absolute Gasteiger partial charge is 0.467 e. The Balaban J connectivity index is 1.77. The molecule has 22 heavy (non-hydrogen) atoms. The molecule has 0 atom stereocenters. The van der Waals surface area contributed by atoms with Crippen molar-refractivity contribution < 1.29 is 18.8 Å². The van der Waals surface area contributed by atoms with Crippen LogP contribution in [0.1, 0.15) is 32.4 Å². The minimum Gasteiger partial charge on any atom is -0.467 e. The molecular weight excluding hydrogens is 286 g/mol. The van der Waals surface area contributed by atoms with Crippen LogP contribution < -0.4 is 5.32 Å². The molecule has 7 nitrogen and oxygen atoms in total. The summed E-state index contributed by atoms with van der Waals surface area (Å²) in [4.78, 5) is 38.4. The number of imide groups is 1. The van der Waals surface area contributed by atoms with Crippen LogP contribution in [-0.4, -0.2) is 46.8 Å². The van der Waals surface area contributed by atoms with Crippen LogP contribution in [0.25, 0.3) is 0 Å². The van der Waals surface area contributed by atoms with Gasteiger partial charge < -0.3 is 14.6 Å². The Labute approximate surface area is 129 Å². The lowest BCUT2D eigenvalue weighted by atomic mass is 10.1. The molecule has 0 aliphatic carbocycles. The number of carbonyl (C=O) groups excluding carboxylic acids is 3. The fourth-order valence-electron chi connectivity index (χ4n) is 2.32. The Kier molecular flexibility index (Phi) is 4.54. The number of urea groups is 1. The lowest BCUT2D eigenvalue weighted by Gasteiger charge is -2.18. The van der Waals surface area contributed by atoms with Crippen molar-refractivity contribution in [3.05, 3.63) is 24.2 Å². The van der Waals surface area contributed by atoms with Gasteiger partial charge >= 0.3 is 6.03 Å². The van der Waals surface area contributed by atoms with E-state index >= 15 is 0 Å². The maximum Gasteiger partial charge on any atom is 0.325 e. The van der Waals surface area contributed by atoms with Crippen molar-refractivity contribution >= 4 is 17.8 Å². The molecule has 0 bridgehead atoms. The van der Waals surface area contributed by atoms with Crippen molar-refractivity contribution in [2.24, 2.45) is 0 Å². The molecular formula is C15H21N3O4. The summed E-state index contributed by atoms with van der Waals surface area (Å²) in [7, 11) is 1.70. The van der Waals surface area contributed by atoms with E-state index in [1.807, 2.05) is 0 Å². The average Bonchev–Trinajstić information content (AvgIpc) is 3.00. The monoisotopic (exact) mass is 307 g/mol. The molecule has 1 aromatic rings. The third kappa shape index (κ3) is 3.47. The summed E-state index contributed by atoms with van der Waals surface area (Å²) in [6, 6.07) is 3.18. The van der Waals surface area contributed by atoms with Crippen LogP contribution in [0.3, 0.4) is 0 Å². The second-order valence-electron chi connectivity index (χ2n) is 5.94. The topological polar surface area (TPSA) is 82.9 Å². The predicted octanol–water partition coefficient (Wildman–Crippen LogP) is 1.35. The highest BCUT2D eigenvalue weighted by molar-refractivity contribution is 6.06. The summed E-state index contributed by atoms with van der Waals surface area (Å²) in [5.41, 5.74) is -0.864. The van der Waals surface area contributed by atoms with Gasteiger partial charge in [-0.1, -0.05) is 0 Å². The number of rotatable bonds is 6. The van der Waals surface area contributed by atoms with Crippen LogP contribution in [-0.2, 0) is 16.1 Å². The van der Waals surface area contributed by atoms with Crippen LogP contribution in [0.15, 0.2) is 22.8 Å². The van der Waals surface area contributed by atoms with E-state index in [2.05, 4.69) is 5.32 Å². The summed E-state index contributed by atoms with van der Waals surface area (Å²) in [5, 5.41) is 2.61. The van der Waals surface area contributed by atoms with Crippen molar-refractivity contribution in [2.75, 3.05) is 13.6 Å². The number of amides is 4. The Morgan fingerprint density at radius 3 is 2.68 bits per heavy atom. The standard InChI is InChI=1S/C15H21N3O4/c1-15(2)13(20)18(14(21)16-15)8-4-7-12(19)17(3)10-11-6-5-9-22-11/h5-6,9H,4,7-8,10H2,1-3H3,(H,16,21). The normalized spacial score (nSPS) is 16.8. The lowest BCUT2D eigenvalue weighted by Crippen LogP contribution is -2.40. The molecule has 4 amide bonds. The zero-order chi connectivity index (χ0) is 16.3. The van der Waals surface area contributed by atoms with Gasteiger partial charge in [0.1, 0.15) is 11.3 Å². The number of hydrogen-bond acceptors (Lipinski definition) is 4. The quantitative estimate of drug-likeness (QED) is 0.804. The molecule has 1 aliphatic heterocycles. The molecule has 1 saturated heterocycles. The second kappa shape index (κ2) is 6.21. The maximum atomic E-state index is 12.0. The minimum absolute atomic E-state index is 0.0530. The van der Waals surface area contributed by atoms with Crippen molar-refractivity contribution in [2.45, 2.75) is 38.8 Å². The molecule has 2 rings (SSSR count). The van der Waals surface area contributed by atoms with E-state index in [0.29, 0.717) is 18.7 Å². The Morgan fingerprint density at radius 2 is 2.14 bits per heavy atom. The van der Waals surface area contributed by atoms with Crippen molar-refractivity contribution in [3.8, 4) is 0 Å². The SMILES string of the molecule is CN(Cc1ccco1)C(=O)CCCN1C(=O)NC(C)(C)C1=O. The minimum atomic E-state index is -0.864. The van der Waals surface area contributed by atoms with E-state index in [-0.39, 0.29) is 24.8 Å². The average molecular weight is 307 g/mol. The first-order valence-electron chi connectivity index (χ1n) is 7.22. The zero-order valence-corrected chi connectivity index (χ0v) is 13.1. The molecule has 0 aromatic carbocycles. The highest BCUT2D eigenvalue weighted by atomic mass is 16.3. The van der Waals surface area contributed by atoms with Gasteiger partial charge in [-0.15, -0.1) is 0 Å². The van der Waals surface area contributed by atoms with Gasteiger partial charge in [0.25, 0.3) is 5.91 Å². The smallest absolute Gasteiger partial charge is 0.325 e. The summed E-state index contributed by atoms with van der Waals surface area (Å²) in [6.07, 6.45) is 2.28. The third-order valence-corrected chi connectivity index (χ3v) is 3.62. The fraction of sp³-hybridized carbons (Fsp3) is 0.533. The third-order valence-electron chi connectivity index (χ3n) is 3.62. The van der Waals surface area contributed by atoms with E-state index in [9.17, 15) is 14.4 Å². The highest BCUT2D eigenvalue weighted by Crippen LogP contribution is 2.17. The van der Waals surface area contributed by atoms with E-state index in [1.54, 1.807) is 44.2 Å². The van der Waals surface area contributed by atoms with Gasteiger partial charge in [-0.2, -0.15) is 0 Å². The Bertz CT molecular complexity index is 565. The van der Waals surface area contributed by atoms with Gasteiger partial charge in [0, 0.05) is 20.0 Å². The zero-order valence-electron chi connectivity index (χ0n) is 13.1. The molecule has 120 valence electrons. The first-order chi connectivity index (χ1) is 10.3. The van der Waals surface area contributed by atoms with E-state index < -0.39 is 11.6 Å². The summed E-state index contributed by atoms with van der Waals surface area (Å²) < 4.78 is 5.19. The molecule has 0 saturated carbocycles. The number of furan rings is 1. The van der Waals surface area contributed by atoms with Crippen LogP contribution in [0, 0.1) is 0 Å². The molecule has 1 aliphatic rings. The van der Waals surface area contributed by atoms with E-state index in [1.165, 1.54) is 4.90 Å². The second-order valence-corrected chi connectivity index (χ2v) is 5.94. The molecule has 2 heterocycles. The molecule has 0 unspecified atom stereocenters. The maximum absolute atomic E-state index is 12.0. The van der Waals surface area contributed by atoms with Crippen LogP contribution in [0.2, 0.25) is 0 Å². The summed E-state index contributed by atoms with van der Waals surface area (Å²) >= 11 is 0. The van der Waals surface area contributed by atoms with Gasteiger partial charge in [-0.25, -0.2) is 4.79 Å². The number of nitrogens with one attached hydrogen (secondary N) is 1. The fourth-order valence-corrected chi connectivity index (χ4v) is 2.32. The summed E-state index contributed by atoms with van der Waals surface area (Å²) in [6.45, 7) is 3.97. The lowest BCUT2D eigenvalue weighted by molar-refractivity contribution is -0.132. The predicted molar refractivity (Wildman–Crippen MR) is 78.7 cm³/mol. The Hall–Kier alpha value is -2.31. The highest BCUT2D eigenvalue weighted by Gasteiger charge is 2.43. The van der Waals surface area contributed by atoms with E-state index in [0.717, 1.165) is 0 Å². The van der Waals surface area contributed by atoms with Crippen LogP contribution >= 0.6 is 0 Å². The first-order valence-corrected chi connectivity index (χ1v) is 7.22. The number of hydrogen-bond donors (Lipinski definition) is 1. The molecule has 1 N–H and O–H groups in total. The first kappa shape index (κ1) is 16.1. The van der Waals surface area contributed by atoms with Crippen molar-refractivity contribution in [1.29, 1.82) is 0 Å². The van der Waals surface area contributed by atoms with Crippen LogP contribution in [0.4, 0.5) is 4.79 Å². The number of nitrogens with zero attached hydrogens (tertiary/aromatic N) is 2. The van der Waals surface area contributed by atoms with Crippen molar-refractivity contribution in [1.82, 2.24) is 15.1 Å². The number of carbonyl (C=O) groups is 3. The summed E-state index contributed by atoms with van der Waals surface area (Å²) in [5.74, 6) is 0.406. The molecule has 0 spiro atoms. The Morgan fingerprint density at radius 1 is 1.41 bits per heavy atom. The molecule has 0 radical (unpaired) electrons. The molecule has 1 fully saturated rings. The van der Waals surface area contributed by atoms with Gasteiger partial charge in [-0.3, -0.25) is 14.5 Å². The van der Waals surface area contributed by atoms with Gasteiger partial charge in [0.05, 0.1) is 12.8 Å². The van der Waals surface area contributed by atoms with Crippen LogP contribution in [0.5, 0.6) is 0 Å². The van der Waals surface area contributed by atoms with Gasteiger partial charge in [0.2, 0.25) is 5.91 Å². The van der Waals surface area contributed by atoms with Gasteiger partial charge in [0.15, 0.2) is 0 Å². The van der Waals surface area contributed by atoms with Crippen molar-refractivity contribution in [3.63, 3.8) is 0 Å².